The summed E-state index contributed by atoms with van der Waals surface area (Å²) in [4.78, 5) is 7.72. The van der Waals surface area contributed by atoms with Gasteiger partial charge in [0.15, 0.2) is 0 Å². The van der Waals surface area contributed by atoms with E-state index in [9.17, 15) is 4.39 Å². The lowest BCUT2D eigenvalue weighted by molar-refractivity contribution is 0.624. The minimum Gasteiger partial charge on any atom is -0.377 e. The van der Waals surface area contributed by atoms with E-state index in [4.69, 9.17) is 5.26 Å². The molecule has 0 saturated heterocycles. The molecule has 4 nitrogen and oxygen atoms in total. The first-order chi connectivity index (χ1) is 10.2. The van der Waals surface area contributed by atoms with E-state index in [1.54, 1.807) is 12.1 Å². The van der Waals surface area contributed by atoms with E-state index in [0.29, 0.717) is 12.2 Å². The van der Waals surface area contributed by atoms with Gasteiger partial charge >= 0.3 is 0 Å². The van der Waals surface area contributed by atoms with Crippen molar-refractivity contribution in [1.29, 1.82) is 5.26 Å². The van der Waals surface area contributed by atoms with Gasteiger partial charge < -0.3 is 10.3 Å². The first kappa shape index (κ1) is 13.1. The molecule has 0 amide bonds. The van der Waals surface area contributed by atoms with E-state index in [2.05, 4.69) is 15.3 Å². The van der Waals surface area contributed by atoms with Gasteiger partial charge in [0.25, 0.3) is 0 Å². The molecule has 0 aliphatic heterocycles. The normalized spacial score (nSPS) is 10.5. The highest BCUT2D eigenvalue weighted by Gasteiger charge is 2.09. The molecular weight excluding hydrogens is 267 g/mol. The van der Waals surface area contributed by atoms with Gasteiger partial charge in [-0.2, -0.15) is 5.26 Å². The molecule has 0 fully saturated rings. The molecule has 0 unspecified atom stereocenters. The number of hydrogen-bond acceptors (Lipinski definition) is 3. The van der Waals surface area contributed by atoms with Crippen LogP contribution in [0.4, 0.5) is 10.1 Å². The summed E-state index contributed by atoms with van der Waals surface area (Å²) >= 11 is 0. The van der Waals surface area contributed by atoms with Gasteiger partial charge in [0.1, 0.15) is 23.3 Å². The van der Waals surface area contributed by atoms with Crippen molar-refractivity contribution in [3.63, 3.8) is 0 Å². The third-order valence-corrected chi connectivity index (χ3v) is 3.34. The summed E-state index contributed by atoms with van der Waals surface area (Å²) < 4.78 is 13.5. The number of rotatable bonds is 3. The first-order valence-corrected chi connectivity index (χ1v) is 6.55. The predicted molar refractivity (Wildman–Crippen MR) is 79.3 cm³/mol. The number of aromatic amines is 1. The van der Waals surface area contributed by atoms with Crippen molar-refractivity contribution >= 4 is 16.7 Å². The average Bonchev–Trinajstić information content (AvgIpc) is 2.90. The van der Waals surface area contributed by atoms with Crippen molar-refractivity contribution in [3.05, 3.63) is 59.2 Å². The van der Waals surface area contributed by atoms with Gasteiger partial charge in [-0.15, -0.1) is 0 Å². The van der Waals surface area contributed by atoms with Crippen LogP contribution in [0, 0.1) is 24.1 Å². The van der Waals surface area contributed by atoms with Gasteiger partial charge in [-0.05, 0) is 30.7 Å². The van der Waals surface area contributed by atoms with Gasteiger partial charge in [-0.25, -0.2) is 9.37 Å². The van der Waals surface area contributed by atoms with Crippen LogP contribution in [-0.4, -0.2) is 9.97 Å². The standard InChI is InChI=1S/C16H13FN4/c1-10-4-2-7-14-16(10)21-15(20-14)9-19-13-6-3-5-12(17)11(13)8-18/h2-7,19H,9H2,1H3,(H,20,21). The molecule has 0 saturated carbocycles. The van der Waals surface area contributed by atoms with Gasteiger partial charge in [0, 0.05) is 0 Å². The van der Waals surface area contributed by atoms with Crippen LogP contribution in [0.2, 0.25) is 0 Å². The number of fused-ring (bicyclic) bond motifs is 1. The van der Waals surface area contributed by atoms with Crippen molar-refractivity contribution in [2.24, 2.45) is 0 Å². The molecule has 5 heteroatoms. The molecule has 2 aromatic carbocycles. The molecule has 21 heavy (non-hydrogen) atoms. The van der Waals surface area contributed by atoms with Crippen LogP contribution in [-0.2, 0) is 6.54 Å². The SMILES string of the molecule is Cc1cccc2[nH]c(CNc3cccc(F)c3C#N)nc12. The maximum absolute atomic E-state index is 13.5. The van der Waals surface area contributed by atoms with Crippen LogP contribution in [0.5, 0.6) is 0 Å². The highest BCUT2D eigenvalue weighted by molar-refractivity contribution is 5.78. The molecule has 104 valence electrons. The highest BCUT2D eigenvalue weighted by atomic mass is 19.1. The number of nitrogens with one attached hydrogen (secondary N) is 2. The summed E-state index contributed by atoms with van der Waals surface area (Å²) in [5.41, 5.74) is 3.47. The van der Waals surface area contributed by atoms with Crippen molar-refractivity contribution < 1.29 is 4.39 Å². The lowest BCUT2D eigenvalue weighted by atomic mass is 10.2. The fourth-order valence-corrected chi connectivity index (χ4v) is 2.27. The van der Waals surface area contributed by atoms with E-state index in [-0.39, 0.29) is 5.56 Å². The Kier molecular flexibility index (Phi) is 3.28. The van der Waals surface area contributed by atoms with Gasteiger partial charge in [0.05, 0.1) is 23.3 Å². The number of hydrogen-bond donors (Lipinski definition) is 2. The fourth-order valence-electron chi connectivity index (χ4n) is 2.27. The molecule has 0 atom stereocenters. The van der Waals surface area contributed by atoms with Gasteiger partial charge in [0.2, 0.25) is 0 Å². The zero-order valence-corrected chi connectivity index (χ0v) is 11.4. The van der Waals surface area contributed by atoms with E-state index < -0.39 is 5.82 Å². The van der Waals surface area contributed by atoms with Crippen LogP contribution < -0.4 is 5.32 Å². The van der Waals surface area contributed by atoms with Crippen molar-refractivity contribution in [3.8, 4) is 6.07 Å². The number of imidazole rings is 1. The van der Waals surface area contributed by atoms with E-state index in [1.807, 2.05) is 31.2 Å². The number of aromatic nitrogens is 2. The number of benzene rings is 2. The summed E-state index contributed by atoms with van der Waals surface area (Å²) in [7, 11) is 0. The van der Waals surface area contributed by atoms with Crippen LogP contribution in [0.1, 0.15) is 17.0 Å². The Labute approximate surface area is 121 Å². The predicted octanol–water partition coefficient (Wildman–Crippen LogP) is 3.49. The number of H-pyrrole nitrogens is 1. The second-order valence-electron chi connectivity index (χ2n) is 4.78. The quantitative estimate of drug-likeness (QED) is 0.771. The van der Waals surface area contributed by atoms with Crippen molar-refractivity contribution in [1.82, 2.24) is 9.97 Å². The highest BCUT2D eigenvalue weighted by Crippen LogP contribution is 2.19. The summed E-state index contributed by atoms with van der Waals surface area (Å²) in [5.74, 6) is 0.218. The second-order valence-corrected chi connectivity index (χ2v) is 4.78. The number of para-hydroxylation sites is 1. The fraction of sp³-hybridized carbons (Fsp3) is 0.125. The Bertz CT molecular complexity index is 845. The summed E-state index contributed by atoms with van der Waals surface area (Å²) in [6.07, 6.45) is 0. The Morgan fingerprint density at radius 2 is 2.10 bits per heavy atom. The number of nitrogens with zero attached hydrogens (tertiary/aromatic N) is 2. The van der Waals surface area contributed by atoms with E-state index >= 15 is 0 Å². The second kappa shape index (κ2) is 5.25. The smallest absolute Gasteiger partial charge is 0.143 e. The molecule has 3 rings (SSSR count). The summed E-state index contributed by atoms with van der Waals surface area (Å²) in [6.45, 7) is 2.40. The van der Waals surface area contributed by atoms with Crippen molar-refractivity contribution in [2.75, 3.05) is 5.32 Å². The molecule has 1 aromatic heterocycles. The van der Waals surface area contributed by atoms with E-state index in [0.717, 1.165) is 22.4 Å². The molecule has 0 bridgehead atoms. The van der Waals surface area contributed by atoms with Crippen LogP contribution in [0.25, 0.3) is 11.0 Å². The lowest BCUT2D eigenvalue weighted by Crippen LogP contribution is -2.03. The Morgan fingerprint density at radius 1 is 1.29 bits per heavy atom. The van der Waals surface area contributed by atoms with Crippen LogP contribution >= 0.6 is 0 Å². The monoisotopic (exact) mass is 280 g/mol. The average molecular weight is 280 g/mol. The molecule has 0 spiro atoms. The maximum atomic E-state index is 13.5. The molecule has 2 N–H and O–H groups in total. The number of aryl methyl sites for hydroxylation is 1. The summed E-state index contributed by atoms with van der Waals surface area (Å²) in [5, 5.41) is 12.0. The number of nitriles is 1. The molecule has 0 aliphatic rings. The topological polar surface area (TPSA) is 64.5 Å². The zero-order chi connectivity index (χ0) is 14.8. The minimum absolute atomic E-state index is 0.0183. The molecule has 1 heterocycles. The first-order valence-electron chi connectivity index (χ1n) is 6.55. The van der Waals surface area contributed by atoms with Gasteiger partial charge in [-0.3, -0.25) is 0 Å². The van der Waals surface area contributed by atoms with Gasteiger partial charge in [-0.1, -0.05) is 18.2 Å². The van der Waals surface area contributed by atoms with Crippen molar-refractivity contribution in [2.45, 2.75) is 13.5 Å². The third-order valence-electron chi connectivity index (χ3n) is 3.34. The third kappa shape index (κ3) is 2.43. The minimum atomic E-state index is -0.525. The van der Waals surface area contributed by atoms with Crippen LogP contribution in [0.3, 0.4) is 0 Å². The zero-order valence-electron chi connectivity index (χ0n) is 11.4. The summed E-state index contributed by atoms with van der Waals surface area (Å²) in [6, 6.07) is 12.3. The number of halogens is 1. The number of anilines is 1. The van der Waals surface area contributed by atoms with E-state index in [1.165, 1.54) is 6.07 Å². The Balaban J connectivity index is 1.86. The Hall–Kier alpha value is -2.87. The molecular formula is C16H13FN4. The molecule has 0 aliphatic carbocycles. The largest absolute Gasteiger partial charge is 0.377 e. The molecule has 0 radical (unpaired) electrons. The lowest BCUT2D eigenvalue weighted by Gasteiger charge is -2.06. The molecule has 3 aromatic rings. The maximum Gasteiger partial charge on any atom is 0.143 e. The van der Waals surface area contributed by atoms with Crippen LogP contribution in [0.15, 0.2) is 36.4 Å². The Morgan fingerprint density at radius 3 is 2.86 bits per heavy atom.